The quantitative estimate of drug-likeness (QED) is 0.304. The number of carbonyl (C=O) groups excluding carboxylic acids is 3. The summed E-state index contributed by atoms with van der Waals surface area (Å²) in [5, 5.41) is 6.46. The van der Waals surface area contributed by atoms with Crippen molar-refractivity contribution in [1.29, 1.82) is 0 Å². The average Bonchev–Trinajstić information content (AvgIpc) is 3.56. The van der Waals surface area contributed by atoms with Gasteiger partial charge in [0.15, 0.2) is 0 Å². The molecule has 0 spiro atoms. The van der Waals surface area contributed by atoms with E-state index in [1.807, 2.05) is 66.4 Å². The predicted octanol–water partition coefficient (Wildman–Crippen LogP) is 7.20. The minimum atomic E-state index is -0.694. The molecular formula is C38H47N3O3. The second-order valence-electron chi connectivity index (χ2n) is 14.3. The molecule has 0 radical (unpaired) electrons. The third-order valence-corrected chi connectivity index (χ3v) is 9.73. The van der Waals surface area contributed by atoms with Crippen LogP contribution in [0.25, 0.3) is 11.1 Å². The number of benzene rings is 3. The summed E-state index contributed by atoms with van der Waals surface area (Å²) in [6.45, 7) is 12.1. The maximum atomic E-state index is 13.8. The Balaban J connectivity index is 1.26. The first-order chi connectivity index (χ1) is 20.9. The fourth-order valence-corrected chi connectivity index (χ4v) is 6.49. The fourth-order valence-electron chi connectivity index (χ4n) is 6.49. The normalized spacial score (nSPS) is 22.7. The second kappa shape index (κ2) is 12.6. The molecule has 0 bridgehead atoms. The first-order valence-corrected chi connectivity index (χ1v) is 16.1. The van der Waals surface area contributed by atoms with E-state index in [9.17, 15) is 14.4 Å². The maximum absolute atomic E-state index is 13.8. The standard InChI is InChI=1S/C38H47N3O3/c1-36(2,3)29-19-17-27(18-20-29)30-15-9-10-16-31(30)33(42)40-38(5)23-21-37(4,22-24-38)35(44)39-32(28-13-7-6-8-14-28)34(43)41-25-11-12-26-41/h6-10,13-20,32H,11-12,21-26H2,1-5H3,(H,39,44)(H,40,42)/t32-,37?,38?/m0/s1. The lowest BCUT2D eigenvalue weighted by atomic mass is 9.68. The molecule has 2 N–H and O–H groups in total. The Morgan fingerprint density at radius 3 is 1.98 bits per heavy atom. The second-order valence-corrected chi connectivity index (χ2v) is 14.3. The zero-order valence-corrected chi connectivity index (χ0v) is 26.9. The molecule has 5 rings (SSSR count). The maximum Gasteiger partial charge on any atom is 0.252 e. The van der Waals surface area contributed by atoms with E-state index in [0.717, 1.165) is 42.6 Å². The molecule has 44 heavy (non-hydrogen) atoms. The number of nitrogens with zero attached hydrogens (tertiary/aromatic N) is 1. The zero-order chi connectivity index (χ0) is 31.5. The van der Waals surface area contributed by atoms with E-state index in [4.69, 9.17) is 0 Å². The third-order valence-electron chi connectivity index (χ3n) is 9.73. The van der Waals surface area contributed by atoms with Crippen LogP contribution in [0.15, 0.2) is 78.9 Å². The first kappa shape index (κ1) is 31.5. The molecule has 1 saturated carbocycles. The predicted molar refractivity (Wildman–Crippen MR) is 176 cm³/mol. The number of amides is 3. The summed E-state index contributed by atoms with van der Waals surface area (Å²) in [5.41, 5.74) is 3.61. The van der Waals surface area contributed by atoms with Crippen molar-refractivity contribution in [2.45, 2.75) is 90.1 Å². The highest BCUT2D eigenvalue weighted by Gasteiger charge is 2.44. The van der Waals surface area contributed by atoms with E-state index in [2.05, 4.69) is 62.6 Å². The molecule has 0 aromatic heterocycles. The molecule has 3 amide bonds. The van der Waals surface area contributed by atoms with Crippen LogP contribution in [0.2, 0.25) is 0 Å². The lowest BCUT2D eigenvalue weighted by Crippen LogP contribution is -2.53. The molecule has 1 saturated heterocycles. The molecule has 2 aliphatic rings. The van der Waals surface area contributed by atoms with Crippen molar-refractivity contribution in [2.75, 3.05) is 13.1 Å². The minimum absolute atomic E-state index is 0.0368. The van der Waals surface area contributed by atoms with Crippen molar-refractivity contribution in [3.63, 3.8) is 0 Å². The molecule has 2 fully saturated rings. The molecule has 1 aliphatic carbocycles. The van der Waals surface area contributed by atoms with Crippen molar-refractivity contribution in [3.8, 4) is 11.1 Å². The molecule has 232 valence electrons. The van der Waals surface area contributed by atoms with Gasteiger partial charge in [-0.2, -0.15) is 0 Å². The summed E-state index contributed by atoms with van der Waals surface area (Å²) in [6.07, 6.45) is 4.56. The van der Waals surface area contributed by atoms with Crippen molar-refractivity contribution in [3.05, 3.63) is 95.6 Å². The Hall–Kier alpha value is -3.93. The van der Waals surface area contributed by atoms with Crippen LogP contribution in [-0.4, -0.2) is 41.2 Å². The Labute approximate surface area is 262 Å². The monoisotopic (exact) mass is 593 g/mol. The number of carbonyl (C=O) groups is 3. The van der Waals surface area contributed by atoms with Gasteiger partial charge in [0.1, 0.15) is 6.04 Å². The first-order valence-electron chi connectivity index (χ1n) is 16.1. The Bertz CT molecular complexity index is 1480. The molecule has 3 aromatic rings. The third kappa shape index (κ3) is 6.90. The summed E-state index contributed by atoms with van der Waals surface area (Å²) in [4.78, 5) is 42.8. The topological polar surface area (TPSA) is 78.5 Å². The fraction of sp³-hybridized carbons (Fsp3) is 0.447. The van der Waals surface area contributed by atoms with Crippen molar-refractivity contribution in [2.24, 2.45) is 5.41 Å². The van der Waals surface area contributed by atoms with E-state index in [1.165, 1.54) is 5.56 Å². The van der Waals surface area contributed by atoms with E-state index in [0.29, 0.717) is 31.2 Å². The molecule has 1 heterocycles. The van der Waals surface area contributed by atoms with E-state index in [-0.39, 0.29) is 23.1 Å². The van der Waals surface area contributed by atoms with Crippen molar-refractivity contribution in [1.82, 2.24) is 15.5 Å². The van der Waals surface area contributed by atoms with Gasteiger partial charge < -0.3 is 15.5 Å². The van der Waals surface area contributed by atoms with Gasteiger partial charge in [0.2, 0.25) is 11.8 Å². The Morgan fingerprint density at radius 1 is 0.773 bits per heavy atom. The molecule has 3 aromatic carbocycles. The van der Waals surface area contributed by atoms with Crippen LogP contribution in [0.1, 0.15) is 101 Å². The van der Waals surface area contributed by atoms with Gasteiger partial charge >= 0.3 is 0 Å². The Kier molecular flexibility index (Phi) is 9.01. The van der Waals surface area contributed by atoms with Crippen LogP contribution in [0.4, 0.5) is 0 Å². The van der Waals surface area contributed by atoms with Gasteiger partial charge in [-0.05, 0) is 79.2 Å². The average molecular weight is 594 g/mol. The number of hydrogen-bond donors (Lipinski definition) is 2. The van der Waals surface area contributed by atoms with Crippen molar-refractivity contribution < 1.29 is 14.4 Å². The molecule has 6 heteroatoms. The lowest BCUT2D eigenvalue weighted by molar-refractivity contribution is -0.140. The SMILES string of the molecule is CC1(NC(=O)c2ccccc2-c2ccc(C(C)(C)C)cc2)CCC(C)(C(=O)N[C@H](C(=O)N2CCCC2)c2ccccc2)CC1. The number of likely N-dealkylation sites (tertiary alicyclic amines) is 1. The van der Waals surface area contributed by atoms with E-state index >= 15 is 0 Å². The van der Waals surface area contributed by atoms with Gasteiger partial charge in [0.05, 0.1) is 0 Å². The van der Waals surface area contributed by atoms with Gasteiger partial charge in [-0.3, -0.25) is 14.4 Å². The van der Waals surface area contributed by atoms with Gasteiger partial charge in [0.25, 0.3) is 5.91 Å². The van der Waals surface area contributed by atoms with Crippen LogP contribution in [0, 0.1) is 5.41 Å². The summed E-state index contributed by atoms with van der Waals surface area (Å²) < 4.78 is 0. The van der Waals surface area contributed by atoms with Crippen molar-refractivity contribution >= 4 is 17.7 Å². The van der Waals surface area contributed by atoms with Crippen LogP contribution in [0.3, 0.4) is 0 Å². The van der Waals surface area contributed by atoms with Crippen LogP contribution >= 0.6 is 0 Å². The Morgan fingerprint density at radius 2 is 1.36 bits per heavy atom. The van der Waals surface area contributed by atoms with Gasteiger partial charge in [-0.1, -0.05) is 100 Å². The van der Waals surface area contributed by atoms with Crippen LogP contribution in [0.5, 0.6) is 0 Å². The minimum Gasteiger partial charge on any atom is -0.347 e. The van der Waals surface area contributed by atoms with Gasteiger partial charge in [-0.15, -0.1) is 0 Å². The smallest absolute Gasteiger partial charge is 0.252 e. The lowest BCUT2D eigenvalue weighted by Gasteiger charge is -2.43. The summed E-state index contributed by atoms with van der Waals surface area (Å²) in [5.74, 6) is -0.238. The number of rotatable bonds is 7. The highest BCUT2D eigenvalue weighted by molar-refractivity contribution is 6.01. The molecule has 1 atom stereocenters. The van der Waals surface area contributed by atoms with E-state index < -0.39 is 17.0 Å². The molecular weight excluding hydrogens is 546 g/mol. The highest BCUT2D eigenvalue weighted by atomic mass is 16.2. The summed E-state index contributed by atoms with van der Waals surface area (Å²) in [7, 11) is 0. The van der Waals surface area contributed by atoms with Crippen LogP contribution < -0.4 is 10.6 Å². The molecule has 1 aliphatic heterocycles. The molecule has 6 nitrogen and oxygen atoms in total. The number of nitrogens with one attached hydrogen (secondary N) is 2. The molecule has 0 unspecified atom stereocenters. The highest BCUT2D eigenvalue weighted by Crippen LogP contribution is 2.42. The summed E-state index contributed by atoms with van der Waals surface area (Å²) >= 11 is 0. The van der Waals surface area contributed by atoms with E-state index in [1.54, 1.807) is 0 Å². The summed E-state index contributed by atoms with van der Waals surface area (Å²) in [6, 6.07) is 25.1. The number of hydrogen-bond acceptors (Lipinski definition) is 3. The largest absolute Gasteiger partial charge is 0.347 e. The van der Waals surface area contributed by atoms with Crippen LogP contribution in [-0.2, 0) is 15.0 Å². The van der Waals surface area contributed by atoms with Gasteiger partial charge in [0, 0.05) is 29.6 Å². The zero-order valence-electron chi connectivity index (χ0n) is 26.9. The van der Waals surface area contributed by atoms with Gasteiger partial charge in [-0.25, -0.2) is 0 Å².